The van der Waals surface area contributed by atoms with E-state index in [1.54, 1.807) is 0 Å². The molecule has 0 aliphatic carbocycles. The Bertz CT molecular complexity index is 667. The number of nitrogens with one attached hydrogen (secondary N) is 1. The van der Waals surface area contributed by atoms with Gasteiger partial charge in [-0.2, -0.15) is 0 Å². The van der Waals surface area contributed by atoms with Crippen molar-refractivity contribution in [1.29, 1.82) is 0 Å². The van der Waals surface area contributed by atoms with Crippen LogP contribution >= 0.6 is 0 Å². The van der Waals surface area contributed by atoms with Crippen molar-refractivity contribution in [2.24, 2.45) is 5.92 Å². The zero-order chi connectivity index (χ0) is 19.9. The summed E-state index contributed by atoms with van der Waals surface area (Å²) < 4.78 is 5.50. The lowest BCUT2D eigenvalue weighted by atomic mass is 9.99. The minimum absolute atomic E-state index is 0.0292. The maximum atomic E-state index is 12.3. The minimum Gasteiger partial charge on any atom is -0.482 e. The van der Waals surface area contributed by atoms with Crippen LogP contribution in [0.1, 0.15) is 46.0 Å². The van der Waals surface area contributed by atoms with E-state index < -0.39 is 0 Å². The monoisotopic (exact) mass is 387 g/mol. The summed E-state index contributed by atoms with van der Waals surface area (Å²) in [5.74, 6) is 1.18. The van der Waals surface area contributed by atoms with Crippen LogP contribution in [-0.2, 0) is 9.59 Å². The van der Waals surface area contributed by atoms with Crippen molar-refractivity contribution < 1.29 is 14.3 Å². The van der Waals surface area contributed by atoms with Crippen LogP contribution in [-0.4, -0.2) is 55.5 Å². The number of carbonyl (C=O) groups is 2. The van der Waals surface area contributed by atoms with Crippen molar-refractivity contribution in [3.63, 3.8) is 0 Å². The van der Waals surface area contributed by atoms with Gasteiger partial charge in [-0.05, 0) is 50.8 Å². The minimum atomic E-state index is 0.0292. The van der Waals surface area contributed by atoms with Crippen LogP contribution in [0.2, 0.25) is 0 Å². The highest BCUT2D eigenvalue weighted by molar-refractivity contribution is 5.97. The smallest absolute Gasteiger partial charge is 0.265 e. The number of anilines is 1. The molecule has 154 valence electrons. The van der Waals surface area contributed by atoms with Gasteiger partial charge >= 0.3 is 0 Å². The average Bonchev–Trinajstić information content (AvgIpc) is 2.72. The van der Waals surface area contributed by atoms with Crippen molar-refractivity contribution in [1.82, 2.24) is 10.2 Å². The standard InChI is InChI=1S/C22H33N3O3/c1-3-17(4-2)22(27)23-18-10-14-24(15-11-18)12-7-13-25-19-8-5-6-9-20(19)28-16-21(25)26/h5-6,8-9,17-18H,3-4,7,10-16H2,1-2H3,(H,23,27). The van der Waals surface area contributed by atoms with Crippen LogP contribution in [0.4, 0.5) is 5.69 Å². The van der Waals surface area contributed by atoms with Crippen molar-refractivity contribution in [3.8, 4) is 5.75 Å². The molecular weight excluding hydrogens is 354 g/mol. The van der Waals surface area contributed by atoms with Gasteiger partial charge < -0.3 is 19.9 Å². The molecule has 6 nitrogen and oxygen atoms in total. The molecule has 0 atom stereocenters. The molecule has 0 radical (unpaired) electrons. The summed E-state index contributed by atoms with van der Waals surface area (Å²) >= 11 is 0. The molecular formula is C22H33N3O3. The summed E-state index contributed by atoms with van der Waals surface area (Å²) in [6.07, 6.45) is 4.76. The third-order valence-corrected chi connectivity index (χ3v) is 5.95. The van der Waals surface area contributed by atoms with Gasteiger partial charge in [-0.1, -0.05) is 26.0 Å². The second kappa shape index (κ2) is 9.92. The highest BCUT2D eigenvalue weighted by atomic mass is 16.5. The Hall–Kier alpha value is -2.08. The first-order valence-corrected chi connectivity index (χ1v) is 10.7. The number of likely N-dealkylation sites (tertiary alicyclic amines) is 1. The SMILES string of the molecule is CCC(CC)C(=O)NC1CCN(CCCN2C(=O)COc3ccccc32)CC1. The number of piperidine rings is 1. The zero-order valence-corrected chi connectivity index (χ0v) is 17.2. The lowest BCUT2D eigenvalue weighted by Gasteiger charge is -2.34. The molecule has 0 unspecified atom stereocenters. The summed E-state index contributed by atoms with van der Waals surface area (Å²) in [4.78, 5) is 28.8. The van der Waals surface area contributed by atoms with Crippen molar-refractivity contribution >= 4 is 17.5 Å². The van der Waals surface area contributed by atoms with Crippen molar-refractivity contribution in [2.75, 3.05) is 37.7 Å². The number of nitrogens with zero attached hydrogens (tertiary/aromatic N) is 2. The second-order valence-corrected chi connectivity index (χ2v) is 7.79. The Labute approximate surface area is 168 Å². The van der Waals surface area contributed by atoms with Gasteiger partial charge in [0.2, 0.25) is 5.91 Å². The van der Waals surface area contributed by atoms with Gasteiger partial charge in [0.05, 0.1) is 5.69 Å². The van der Waals surface area contributed by atoms with E-state index in [0.717, 1.165) is 63.2 Å². The average molecular weight is 388 g/mol. The zero-order valence-electron chi connectivity index (χ0n) is 17.2. The molecule has 0 bridgehead atoms. The summed E-state index contributed by atoms with van der Waals surface area (Å²) in [6, 6.07) is 8.03. The highest BCUT2D eigenvalue weighted by Gasteiger charge is 2.26. The summed E-state index contributed by atoms with van der Waals surface area (Å²) in [5.41, 5.74) is 0.876. The van der Waals surface area contributed by atoms with Crippen LogP contribution in [0.15, 0.2) is 24.3 Å². The van der Waals surface area contributed by atoms with Gasteiger partial charge in [0.25, 0.3) is 5.91 Å². The van der Waals surface area contributed by atoms with E-state index in [4.69, 9.17) is 4.74 Å². The number of fused-ring (bicyclic) bond motifs is 1. The molecule has 1 N–H and O–H groups in total. The fourth-order valence-electron chi connectivity index (χ4n) is 4.13. The van der Waals surface area contributed by atoms with Gasteiger partial charge in [-0.25, -0.2) is 0 Å². The molecule has 1 saturated heterocycles. The Balaban J connectivity index is 1.40. The number of para-hydroxylation sites is 2. The van der Waals surface area contributed by atoms with Gasteiger partial charge in [-0.15, -0.1) is 0 Å². The molecule has 2 heterocycles. The topological polar surface area (TPSA) is 61.9 Å². The van der Waals surface area contributed by atoms with Gasteiger partial charge in [0.15, 0.2) is 6.61 Å². The fourth-order valence-corrected chi connectivity index (χ4v) is 4.13. The lowest BCUT2D eigenvalue weighted by molar-refractivity contribution is -0.126. The van der Waals surface area contributed by atoms with E-state index >= 15 is 0 Å². The number of benzene rings is 1. The second-order valence-electron chi connectivity index (χ2n) is 7.79. The normalized spacial score (nSPS) is 18.1. The summed E-state index contributed by atoms with van der Waals surface area (Å²) in [6.45, 7) is 7.97. The number of rotatable bonds is 8. The number of carbonyl (C=O) groups excluding carboxylic acids is 2. The van der Waals surface area contributed by atoms with E-state index in [1.165, 1.54) is 0 Å². The summed E-state index contributed by atoms with van der Waals surface area (Å²) in [7, 11) is 0. The maximum absolute atomic E-state index is 12.3. The molecule has 1 aromatic rings. The molecule has 1 fully saturated rings. The van der Waals surface area contributed by atoms with E-state index in [2.05, 4.69) is 24.1 Å². The third-order valence-electron chi connectivity index (χ3n) is 5.95. The molecule has 2 aliphatic heterocycles. The van der Waals surface area contributed by atoms with Gasteiger partial charge in [0.1, 0.15) is 5.75 Å². The highest BCUT2D eigenvalue weighted by Crippen LogP contribution is 2.31. The van der Waals surface area contributed by atoms with Gasteiger partial charge in [-0.3, -0.25) is 9.59 Å². The van der Waals surface area contributed by atoms with Crippen LogP contribution in [0.25, 0.3) is 0 Å². The summed E-state index contributed by atoms with van der Waals surface area (Å²) in [5, 5.41) is 3.23. The predicted octanol–water partition coefficient (Wildman–Crippen LogP) is 2.82. The van der Waals surface area contributed by atoms with E-state index in [1.807, 2.05) is 29.2 Å². The fraction of sp³-hybridized carbons (Fsp3) is 0.636. The first-order valence-electron chi connectivity index (χ1n) is 10.7. The largest absolute Gasteiger partial charge is 0.482 e. The molecule has 0 saturated carbocycles. The van der Waals surface area contributed by atoms with Crippen LogP contribution < -0.4 is 15.0 Å². The maximum Gasteiger partial charge on any atom is 0.265 e. The molecule has 6 heteroatoms. The van der Waals surface area contributed by atoms with Crippen molar-refractivity contribution in [3.05, 3.63) is 24.3 Å². The lowest BCUT2D eigenvalue weighted by Crippen LogP contribution is -2.47. The quantitative estimate of drug-likeness (QED) is 0.745. The Kier molecular flexibility index (Phi) is 7.31. The molecule has 3 rings (SSSR count). The van der Waals surface area contributed by atoms with Crippen LogP contribution in [0, 0.1) is 5.92 Å². The molecule has 0 aromatic heterocycles. The molecule has 28 heavy (non-hydrogen) atoms. The van der Waals surface area contributed by atoms with E-state index in [9.17, 15) is 9.59 Å². The molecule has 2 amide bonds. The number of hydrogen-bond acceptors (Lipinski definition) is 4. The number of amides is 2. The van der Waals surface area contributed by atoms with Crippen molar-refractivity contribution in [2.45, 2.75) is 52.0 Å². The van der Waals surface area contributed by atoms with E-state index in [-0.39, 0.29) is 24.3 Å². The Morgan fingerprint density at radius 3 is 2.61 bits per heavy atom. The Morgan fingerprint density at radius 2 is 1.89 bits per heavy atom. The molecule has 1 aromatic carbocycles. The molecule has 2 aliphatic rings. The Morgan fingerprint density at radius 1 is 1.18 bits per heavy atom. The van der Waals surface area contributed by atoms with E-state index in [0.29, 0.717) is 12.6 Å². The number of hydrogen-bond donors (Lipinski definition) is 1. The van der Waals surface area contributed by atoms with Crippen LogP contribution in [0.3, 0.4) is 0 Å². The third kappa shape index (κ3) is 5.04. The first kappa shape index (κ1) is 20.6. The number of ether oxygens (including phenoxy) is 1. The molecule has 0 spiro atoms. The van der Waals surface area contributed by atoms with Crippen LogP contribution in [0.5, 0.6) is 5.75 Å². The first-order chi connectivity index (χ1) is 13.6. The predicted molar refractivity (Wildman–Crippen MR) is 111 cm³/mol. The van der Waals surface area contributed by atoms with Gasteiger partial charge in [0, 0.05) is 31.6 Å².